The zero-order chi connectivity index (χ0) is 23.5. The second kappa shape index (κ2) is 9.91. The van der Waals surface area contributed by atoms with Gasteiger partial charge in [0, 0.05) is 18.3 Å². The van der Waals surface area contributed by atoms with E-state index >= 15 is 0 Å². The van der Waals surface area contributed by atoms with E-state index in [-0.39, 0.29) is 36.7 Å². The molecule has 32 heavy (non-hydrogen) atoms. The summed E-state index contributed by atoms with van der Waals surface area (Å²) in [6, 6.07) is 5.72. The van der Waals surface area contributed by atoms with E-state index in [9.17, 15) is 18.0 Å². The highest BCUT2D eigenvalue weighted by atomic mass is 32.2. The van der Waals surface area contributed by atoms with Crippen LogP contribution < -0.4 is 10.2 Å². The lowest BCUT2D eigenvalue weighted by Gasteiger charge is -2.47. The van der Waals surface area contributed by atoms with Crippen molar-refractivity contribution in [3.8, 4) is 0 Å². The molecule has 8 heteroatoms. The third kappa shape index (κ3) is 5.01. The number of carbonyl (C=O) groups excluding carboxylic acids is 2. The number of nitrogens with one attached hydrogen (secondary N) is 1. The van der Waals surface area contributed by atoms with Gasteiger partial charge in [0.2, 0.25) is 21.8 Å². The Morgan fingerprint density at radius 3 is 2.38 bits per heavy atom. The highest BCUT2D eigenvalue weighted by molar-refractivity contribution is 7.89. The summed E-state index contributed by atoms with van der Waals surface area (Å²) in [5, 5.41) is 3.19. The SMILES string of the molecule is CCS(=O)(=O)N1CC(=O)N(c2cccc(C)c2C)[C@@](C)(C(=O)NC2CCCCCCC2)C1. The van der Waals surface area contributed by atoms with Crippen LogP contribution in [0, 0.1) is 13.8 Å². The third-order valence-corrected chi connectivity index (χ3v) is 8.82. The molecule has 1 N–H and O–H groups in total. The summed E-state index contributed by atoms with van der Waals surface area (Å²) in [6.45, 7) is 6.84. The summed E-state index contributed by atoms with van der Waals surface area (Å²) in [5.41, 5.74) is 1.26. The topological polar surface area (TPSA) is 86.8 Å². The molecule has 1 heterocycles. The Bertz CT molecular complexity index is 954. The largest absolute Gasteiger partial charge is 0.351 e. The molecule has 0 bridgehead atoms. The van der Waals surface area contributed by atoms with E-state index in [0.29, 0.717) is 5.69 Å². The molecule has 1 aromatic carbocycles. The Labute approximate surface area is 192 Å². The van der Waals surface area contributed by atoms with Crippen molar-refractivity contribution < 1.29 is 18.0 Å². The van der Waals surface area contributed by atoms with Gasteiger partial charge in [-0.15, -0.1) is 0 Å². The average molecular weight is 464 g/mol. The Morgan fingerprint density at radius 1 is 1.12 bits per heavy atom. The summed E-state index contributed by atoms with van der Waals surface area (Å²) in [4.78, 5) is 28.7. The molecule has 2 fully saturated rings. The molecule has 0 spiro atoms. The van der Waals surface area contributed by atoms with Gasteiger partial charge in [-0.1, -0.05) is 44.2 Å². The van der Waals surface area contributed by atoms with Gasteiger partial charge >= 0.3 is 0 Å². The maximum absolute atomic E-state index is 13.7. The fourth-order valence-corrected chi connectivity index (χ4v) is 5.96. The molecule has 1 saturated heterocycles. The first kappa shape index (κ1) is 24.7. The standard InChI is InChI=1S/C24H37N3O4S/c1-5-32(30,31)26-16-22(28)27(21-15-11-12-18(2)19(21)3)24(4,17-26)23(29)25-20-13-9-7-6-8-10-14-20/h11-12,15,20H,5-10,13-14,16-17H2,1-4H3,(H,25,29)/t24-/m1/s1. The van der Waals surface area contributed by atoms with Crippen molar-refractivity contribution >= 4 is 27.5 Å². The molecular weight excluding hydrogens is 426 g/mol. The maximum Gasteiger partial charge on any atom is 0.247 e. The number of nitrogens with zero attached hydrogens (tertiary/aromatic N) is 2. The minimum absolute atomic E-state index is 0.0494. The van der Waals surface area contributed by atoms with Crippen LogP contribution in [0.5, 0.6) is 0 Å². The minimum atomic E-state index is -3.62. The van der Waals surface area contributed by atoms with Gasteiger partial charge in [-0.05, 0) is 57.7 Å². The highest BCUT2D eigenvalue weighted by Gasteiger charge is 2.51. The van der Waals surface area contributed by atoms with E-state index in [1.165, 1.54) is 28.5 Å². The van der Waals surface area contributed by atoms with Crippen molar-refractivity contribution in [2.24, 2.45) is 0 Å². The molecule has 2 amide bonds. The van der Waals surface area contributed by atoms with Crippen molar-refractivity contribution in [1.82, 2.24) is 9.62 Å². The predicted molar refractivity (Wildman–Crippen MR) is 127 cm³/mol. The quantitative estimate of drug-likeness (QED) is 0.726. The average Bonchev–Trinajstić information content (AvgIpc) is 2.72. The smallest absolute Gasteiger partial charge is 0.247 e. The van der Waals surface area contributed by atoms with Gasteiger partial charge < -0.3 is 5.32 Å². The van der Waals surface area contributed by atoms with E-state index in [2.05, 4.69) is 5.32 Å². The van der Waals surface area contributed by atoms with Gasteiger partial charge in [0.15, 0.2) is 0 Å². The lowest BCUT2D eigenvalue weighted by atomic mass is 9.91. The molecule has 7 nitrogen and oxygen atoms in total. The highest BCUT2D eigenvalue weighted by Crippen LogP contribution is 2.34. The number of sulfonamides is 1. The number of hydrogen-bond donors (Lipinski definition) is 1. The first-order valence-corrected chi connectivity index (χ1v) is 13.4. The lowest BCUT2D eigenvalue weighted by molar-refractivity contribution is -0.133. The minimum Gasteiger partial charge on any atom is -0.351 e. The first-order chi connectivity index (χ1) is 15.1. The molecule has 1 aromatic rings. The number of aryl methyl sites for hydroxylation is 1. The van der Waals surface area contributed by atoms with Crippen molar-refractivity contribution in [3.05, 3.63) is 29.3 Å². The van der Waals surface area contributed by atoms with Crippen LogP contribution in [-0.4, -0.2) is 55.0 Å². The van der Waals surface area contributed by atoms with Crippen LogP contribution in [0.15, 0.2) is 18.2 Å². The van der Waals surface area contributed by atoms with E-state index in [1.54, 1.807) is 13.8 Å². The molecule has 0 radical (unpaired) electrons. The Kier molecular flexibility index (Phi) is 7.65. The van der Waals surface area contributed by atoms with Crippen LogP contribution >= 0.6 is 0 Å². The summed E-state index contributed by atoms with van der Waals surface area (Å²) in [6.07, 6.45) is 7.53. The van der Waals surface area contributed by atoms with Crippen molar-refractivity contribution in [1.29, 1.82) is 0 Å². The zero-order valence-corrected chi connectivity index (χ0v) is 20.6. The second-order valence-corrected chi connectivity index (χ2v) is 11.7. The molecule has 0 aromatic heterocycles. The van der Waals surface area contributed by atoms with Gasteiger partial charge in [0.25, 0.3) is 0 Å². The van der Waals surface area contributed by atoms with Crippen molar-refractivity contribution in [3.63, 3.8) is 0 Å². The second-order valence-electron chi connectivity index (χ2n) is 9.41. The number of amides is 2. The predicted octanol–water partition coefficient (Wildman–Crippen LogP) is 3.29. The van der Waals surface area contributed by atoms with Crippen molar-refractivity contribution in [2.45, 2.75) is 84.2 Å². The molecule has 0 unspecified atom stereocenters. The molecule has 1 aliphatic carbocycles. The van der Waals surface area contributed by atoms with Gasteiger partial charge in [-0.3, -0.25) is 14.5 Å². The van der Waals surface area contributed by atoms with Gasteiger partial charge in [-0.25, -0.2) is 8.42 Å². The molecule has 2 aliphatic rings. The zero-order valence-electron chi connectivity index (χ0n) is 19.8. The van der Waals surface area contributed by atoms with Crippen LogP contribution in [0.4, 0.5) is 5.69 Å². The first-order valence-electron chi connectivity index (χ1n) is 11.8. The lowest BCUT2D eigenvalue weighted by Crippen LogP contribution is -2.71. The maximum atomic E-state index is 13.7. The van der Waals surface area contributed by atoms with Crippen LogP contribution in [0.1, 0.15) is 69.9 Å². The molecule has 3 rings (SSSR count). The Hall–Kier alpha value is -1.93. The molecule has 1 atom stereocenters. The fourth-order valence-electron chi connectivity index (χ4n) is 4.84. The molecule has 1 saturated carbocycles. The van der Waals surface area contributed by atoms with E-state index in [0.717, 1.165) is 36.8 Å². The van der Waals surface area contributed by atoms with Crippen LogP contribution in [0.3, 0.4) is 0 Å². The van der Waals surface area contributed by atoms with E-state index < -0.39 is 15.6 Å². The normalized spacial score (nSPS) is 24.1. The Morgan fingerprint density at radius 2 is 1.75 bits per heavy atom. The molecule has 178 valence electrons. The number of anilines is 1. The third-order valence-electron chi connectivity index (χ3n) is 7.04. The van der Waals surface area contributed by atoms with Gasteiger partial charge in [0.05, 0.1) is 12.3 Å². The molecular formula is C24H37N3O4S. The number of benzene rings is 1. The number of rotatable bonds is 5. The fraction of sp³-hybridized carbons (Fsp3) is 0.667. The van der Waals surface area contributed by atoms with Crippen LogP contribution in [-0.2, 0) is 19.6 Å². The van der Waals surface area contributed by atoms with E-state index in [1.807, 2.05) is 32.0 Å². The number of hydrogen-bond acceptors (Lipinski definition) is 4. The van der Waals surface area contributed by atoms with E-state index in [4.69, 9.17) is 0 Å². The van der Waals surface area contributed by atoms with Gasteiger partial charge in [-0.2, -0.15) is 4.31 Å². The summed E-state index contributed by atoms with van der Waals surface area (Å²) in [5.74, 6) is -0.769. The Balaban J connectivity index is 1.99. The monoisotopic (exact) mass is 463 g/mol. The summed E-state index contributed by atoms with van der Waals surface area (Å²) < 4.78 is 26.5. The van der Waals surface area contributed by atoms with Crippen LogP contribution in [0.2, 0.25) is 0 Å². The summed E-state index contributed by atoms with van der Waals surface area (Å²) in [7, 11) is -3.62. The van der Waals surface area contributed by atoms with Gasteiger partial charge in [0.1, 0.15) is 5.54 Å². The molecule has 1 aliphatic heterocycles. The van der Waals surface area contributed by atoms with Crippen LogP contribution in [0.25, 0.3) is 0 Å². The number of carbonyl (C=O) groups is 2. The van der Waals surface area contributed by atoms with Crippen molar-refractivity contribution in [2.75, 3.05) is 23.7 Å². The number of piperazine rings is 1. The summed E-state index contributed by atoms with van der Waals surface area (Å²) >= 11 is 0.